The maximum absolute atomic E-state index is 13.2. The van der Waals surface area contributed by atoms with E-state index in [1.54, 1.807) is 17.0 Å². The minimum Gasteiger partial charge on any atom is -0.494 e. The highest BCUT2D eigenvalue weighted by Gasteiger charge is 2.33. The standard InChI is InChI=1S/C33H32ClNO5S2/c1-22(36)39-28-12-4-23(5-13-28)3-2-20-38-27-18-10-26(11-19-27)35-32(37)31(42-33(35)41)21-24-6-14-29(15-7-24)40-30-16-8-25(34)9-17-30/h6-11,14-19,21,23,28H,2-5,12-13,20H2,1H3/b31-21-. The molecule has 218 valence electrons. The van der Waals surface area contributed by atoms with E-state index in [9.17, 15) is 9.59 Å². The number of carbonyl (C=O) groups excluding carboxylic acids is 2. The van der Waals surface area contributed by atoms with Gasteiger partial charge in [-0.1, -0.05) is 47.7 Å². The molecular formula is C33H32ClNO5S2. The van der Waals surface area contributed by atoms with Crippen LogP contribution in [0.1, 0.15) is 51.0 Å². The van der Waals surface area contributed by atoms with Crippen LogP contribution in [0.4, 0.5) is 5.69 Å². The molecule has 6 nitrogen and oxygen atoms in total. The molecule has 2 fully saturated rings. The van der Waals surface area contributed by atoms with Gasteiger partial charge in [-0.15, -0.1) is 0 Å². The third-order valence-electron chi connectivity index (χ3n) is 7.27. The predicted molar refractivity (Wildman–Crippen MR) is 172 cm³/mol. The van der Waals surface area contributed by atoms with Crippen LogP contribution < -0.4 is 14.4 Å². The Morgan fingerprint density at radius 3 is 2.21 bits per heavy atom. The molecule has 3 aromatic carbocycles. The number of thiocarbonyl (C=S) groups is 1. The Balaban J connectivity index is 1.10. The Hall–Kier alpha value is -3.33. The molecule has 42 heavy (non-hydrogen) atoms. The summed E-state index contributed by atoms with van der Waals surface area (Å²) in [4.78, 5) is 26.5. The summed E-state index contributed by atoms with van der Waals surface area (Å²) in [6.07, 6.45) is 8.08. The van der Waals surface area contributed by atoms with Gasteiger partial charge in [0.15, 0.2) is 4.32 Å². The lowest BCUT2D eigenvalue weighted by atomic mass is 9.84. The van der Waals surface area contributed by atoms with Crippen molar-refractivity contribution >= 4 is 63.5 Å². The molecule has 0 aromatic heterocycles. The minimum atomic E-state index is -0.187. The number of esters is 1. The number of hydrogen-bond acceptors (Lipinski definition) is 7. The van der Waals surface area contributed by atoms with Crippen LogP contribution in [0.2, 0.25) is 5.02 Å². The number of thioether (sulfide) groups is 1. The summed E-state index contributed by atoms with van der Waals surface area (Å²) in [5, 5.41) is 0.652. The number of halogens is 1. The molecule has 3 aromatic rings. The molecule has 1 saturated heterocycles. The summed E-state index contributed by atoms with van der Waals surface area (Å²) in [7, 11) is 0. The molecule has 0 unspecified atom stereocenters. The summed E-state index contributed by atoms with van der Waals surface area (Å²) in [5.41, 5.74) is 1.59. The van der Waals surface area contributed by atoms with E-state index in [0.717, 1.165) is 49.8 Å². The number of rotatable bonds is 10. The van der Waals surface area contributed by atoms with Crippen LogP contribution in [0.25, 0.3) is 6.08 Å². The van der Waals surface area contributed by atoms with E-state index in [1.807, 2.05) is 66.7 Å². The first-order chi connectivity index (χ1) is 20.3. The number of amides is 1. The second kappa shape index (κ2) is 14.2. The van der Waals surface area contributed by atoms with E-state index < -0.39 is 0 Å². The predicted octanol–water partition coefficient (Wildman–Crippen LogP) is 8.82. The highest BCUT2D eigenvalue weighted by molar-refractivity contribution is 8.27. The van der Waals surface area contributed by atoms with E-state index in [0.29, 0.717) is 44.0 Å². The summed E-state index contributed by atoms with van der Waals surface area (Å²) < 4.78 is 17.6. The topological polar surface area (TPSA) is 65.1 Å². The second-order valence-corrected chi connectivity index (χ2v) is 12.5. The number of anilines is 1. The fraction of sp³-hybridized carbons (Fsp3) is 0.303. The van der Waals surface area contributed by atoms with Gasteiger partial charge in [0.2, 0.25) is 0 Å². The molecule has 0 atom stereocenters. The fourth-order valence-electron chi connectivity index (χ4n) is 5.14. The average Bonchev–Trinajstić information content (AvgIpc) is 3.26. The number of carbonyl (C=O) groups is 2. The quantitative estimate of drug-likeness (QED) is 0.0970. The molecule has 1 saturated carbocycles. The van der Waals surface area contributed by atoms with Crippen molar-refractivity contribution in [3.05, 3.63) is 88.3 Å². The first-order valence-electron chi connectivity index (χ1n) is 14.1. The van der Waals surface area contributed by atoms with Crippen LogP contribution in [-0.4, -0.2) is 28.9 Å². The summed E-state index contributed by atoms with van der Waals surface area (Å²) >= 11 is 12.8. The molecule has 1 aliphatic carbocycles. The lowest BCUT2D eigenvalue weighted by Crippen LogP contribution is -2.27. The summed E-state index contributed by atoms with van der Waals surface area (Å²) in [5.74, 6) is 2.47. The molecule has 9 heteroatoms. The van der Waals surface area contributed by atoms with Gasteiger partial charge in [0.05, 0.1) is 17.2 Å². The Bertz CT molecular complexity index is 1430. The molecule has 1 amide bonds. The van der Waals surface area contributed by atoms with Crippen LogP contribution in [0.5, 0.6) is 17.2 Å². The van der Waals surface area contributed by atoms with Crippen molar-refractivity contribution in [1.82, 2.24) is 0 Å². The molecule has 0 bridgehead atoms. The molecule has 1 heterocycles. The second-order valence-electron chi connectivity index (χ2n) is 10.4. The zero-order valence-corrected chi connectivity index (χ0v) is 25.7. The van der Waals surface area contributed by atoms with Gasteiger partial charge in [0.25, 0.3) is 5.91 Å². The van der Waals surface area contributed by atoms with Gasteiger partial charge >= 0.3 is 5.97 Å². The van der Waals surface area contributed by atoms with Gasteiger partial charge in [-0.25, -0.2) is 0 Å². The molecule has 1 aliphatic heterocycles. The van der Waals surface area contributed by atoms with Gasteiger partial charge in [-0.2, -0.15) is 0 Å². The highest BCUT2D eigenvalue weighted by atomic mass is 35.5. The fourth-order valence-corrected chi connectivity index (χ4v) is 6.56. The molecule has 0 N–H and O–H groups in total. The lowest BCUT2D eigenvalue weighted by Gasteiger charge is -2.28. The smallest absolute Gasteiger partial charge is 0.302 e. The Labute approximate surface area is 261 Å². The van der Waals surface area contributed by atoms with Gasteiger partial charge in [-0.3, -0.25) is 14.5 Å². The normalized spacial score (nSPS) is 19.7. The van der Waals surface area contributed by atoms with E-state index in [2.05, 4.69) is 0 Å². The van der Waals surface area contributed by atoms with Crippen molar-refractivity contribution in [2.45, 2.75) is 51.6 Å². The Kier molecular flexibility index (Phi) is 10.2. The maximum Gasteiger partial charge on any atom is 0.302 e. The van der Waals surface area contributed by atoms with Crippen LogP contribution in [0.15, 0.2) is 77.7 Å². The van der Waals surface area contributed by atoms with Crippen molar-refractivity contribution in [1.29, 1.82) is 0 Å². The van der Waals surface area contributed by atoms with E-state index >= 15 is 0 Å². The van der Waals surface area contributed by atoms with Crippen molar-refractivity contribution in [3.63, 3.8) is 0 Å². The first kappa shape index (κ1) is 30.1. The number of benzene rings is 3. The van der Waals surface area contributed by atoms with Gasteiger partial charge < -0.3 is 14.2 Å². The van der Waals surface area contributed by atoms with Gasteiger partial charge in [0.1, 0.15) is 23.4 Å². The molecule has 5 rings (SSSR count). The van der Waals surface area contributed by atoms with Crippen LogP contribution in [0.3, 0.4) is 0 Å². The van der Waals surface area contributed by atoms with Crippen molar-refractivity contribution in [2.24, 2.45) is 5.92 Å². The highest BCUT2D eigenvalue weighted by Crippen LogP contribution is 2.37. The number of nitrogens with zero attached hydrogens (tertiary/aromatic N) is 1. The summed E-state index contributed by atoms with van der Waals surface area (Å²) in [6.45, 7) is 2.11. The van der Waals surface area contributed by atoms with Crippen LogP contribution >= 0.6 is 35.6 Å². The van der Waals surface area contributed by atoms with Crippen molar-refractivity contribution < 1.29 is 23.8 Å². The van der Waals surface area contributed by atoms with Crippen LogP contribution in [-0.2, 0) is 14.3 Å². The van der Waals surface area contributed by atoms with Crippen LogP contribution in [0, 0.1) is 5.92 Å². The molecule has 0 spiro atoms. The molecule has 2 aliphatic rings. The largest absolute Gasteiger partial charge is 0.494 e. The maximum atomic E-state index is 13.2. The zero-order chi connectivity index (χ0) is 29.5. The van der Waals surface area contributed by atoms with E-state index in [4.69, 9.17) is 38.0 Å². The SMILES string of the molecule is CC(=O)OC1CCC(CCCOc2ccc(N3C(=O)/C(=C/c4ccc(Oc5ccc(Cl)cc5)cc4)SC3=S)cc2)CC1. The molecular weight excluding hydrogens is 590 g/mol. The van der Waals surface area contributed by atoms with Crippen molar-refractivity contribution in [3.8, 4) is 17.2 Å². The minimum absolute atomic E-state index is 0.0850. The Morgan fingerprint density at radius 2 is 1.57 bits per heavy atom. The van der Waals surface area contributed by atoms with Crippen molar-refractivity contribution in [2.75, 3.05) is 11.5 Å². The first-order valence-corrected chi connectivity index (χ1v) is 15.7. The zero-order valence-electron chi connectivity index (χ0n) is 23.3. The number of hydrogen-bond donors (Lipinski definition) is 0. The average molecular weight is 622 g/mol. The van der Waals surface area contributed by atoms with Gasteiger partial charge in [0, 0.05) is 11.9 Å². The third kappa shape index (κ3) is 8.15. The monoisotopic (exact) mass is 621 g/mol. The Morgan fingerprint density at radius 1 is 0.952 bits per heavy atom. The molecule has 0 radical (unpaired) electrons. The lowest BCUT2D eigenvalue weighted by molar-refractivity contribution is -0.148. The van der Waals surface area contributed by atoms with E-state index in [1.165, 1.54) is 18.7 Å². The number of ether oxygens (including phenoxy) is 3. The summed E-state index contributed by atoms with van der Waals surface area (Å²) in [6, 6.07) is 22.2. The van der Waals surface area contributed by atoms with E-state index in [-0.39, 0.29) is 18.0 Å². The third-order valence-corrected chi connectivity index (χ3v) is 8.82. The van der Waals surface area contributed by atoms with Gasteiger partial charge in [-0.05, 0) is 117 Å².